The van der Waals surface area contributed by atoms with Gasteiger partial charge in [-0.3, -0.25) is 4.90 Å². The Labute approximate surface area is 81.9 Å². The largest absolute Gasteiger partial charge is 0.329 e. The van der Waals surface area contributed by atoms with Gasteiger partial charge in [0.1, 0.15) is 0 Å². The van der Waals surface area contributed by atoms with Crippen LogP contribution in [0.15, 0.2) is 0 Å². The molecule has 0 aliphatic rings. The molecule has 0 radical (unpaired) electrons. The van der Waals surface area contributed by atoms with Crippen molar-refractivity contribution in [2.24, 2.45) is 5.73 Å². The molecule has 0 heterocycles. The van der Waals surface area contributed by atoms with Crippen LogP contribution in [0.5, 0.6) is 0 Å². The predicted octanol–water partition coefficient (Wildman–Crippen LogP) is -0.924. The summed E-state index contributed by atoms with van der Waals surface area (Å²) >= 11 is 0. The highest BCUT2D eigenvalue weighted by molar-refractivity contribution is 4.60. The number of nitrogens with zero attached hydrogens (tertiary/aromatic N) is 1. The van der Waals surface area contributed by atoms with E-state index in [1.165, 1.54) is 0 Å². The minimum Gasteiger partial charge on any atom is -0.329 e. The van der Waals surface area contributed by atoms with Crippen LogP contribution in [0.4, 0.5) is 0 Å². The zero-order valence-corrected chi connectivity index (χ0v) is 8.97. The first-order valence-electron chi connectivity index (χ1n) is 5.12. The molecule has 0 bridgehead atoms. The fourth-order valence-electron chi connectivity index (χ4n) is 1.20. The van der Waals surface area contributed by atoms with Crippen LogP contribution < -0.4 is 16.4 Å². The quantitative estimate of drug-likeness (QED) is 0.410. The molecule has 0 atom stereocenters. The van der Waals surface area contributed by atoms with E-state index in [0.29, 0.717) is 0 Å². The molecule has 4 heteroatoms. The van der Waals surface area contributed by atoms with Crippen LogP contribution in [0, 0.1) is 0 Å². The third-order valence-corrected chi connectivity index (χ3v) is 1.98. The van der Waals surface area contributed by atoms with Crippen molar-refractivity contribution < 1.29 is 0 Å². The lowest BCUT2D eigenvalue weighted by Gasteiger charge is -2.21. The third kappa shape index (κ3) is 8.18. The second-order valence-corrected chi connectivity index (χ2v) is 3.09. The standard InChI is InChI=1S/C9H24N4/c1-3-12-6-9-13(7-4-10)8-5-11-2/h11-12H,3-10H2,1-2H3. The fraction of sp³-hybridized carbons (Fsp3) is 1.00. The van der Waals surface area contributed by atoms with E-state index in [9.17, 15) is 0 Å². The lowest BCUT2D eigenvalue weighted by atomic mass is 10.4. The van der Waals surface area contributed by atoms with Crippen molar-refractivity contribution in [3.63, 3.8) is 0 Å². The molecule has 0 saturated heterocycles. The molecule has 0 aliphatic carbocycles. The fourth-order valence-corrected chi connectivity index (χ4v) is 1.20. The molecule has 0 spiro atoms. The first kappa shape index (κ1) is 12.8. The Morgan fingerprint density at radius 1 is 1.15 bits per heavy atom. The number of likely N-dealkylation sites (N-methyl/N-ethyl adjacent to an activating group) is 2. The van der Waals surface area contributed by atoms with E-state index in [4.69, 9.17) is 5.73 Å². The summed E-state index contributed by atoms with van der Waals surface area (Å²) in [7, 11) is 1.98. The normalized spacial score (nSPS) is 11.1. The van der Waals surface area contributed by atoms with Crippen molar-refractivity contribution in [1.29, 1.82) is 0 Å². The molecule has 80 valence electrons. The van der Waals surface area contributed by atoms with Gasteiger partial charge in [-0.15, -0.1) is 0 Å². The maximum Gasteiger partial charge on any atom is 0.0108 e. The Bertz CT molecular complexity index is 97.6. The summed E-state index contributed by atoms with van der Waals surface area (Å²) in [6.07, 6.45) is 0. The van der Waals surface area contributed by atoms with Crippen molar-refractivity contribution >= 4 is 0 Å². The Morgan fingerprint density at radius 2 is 1.85 bits per heavy atom. The minimum absolute atomic E-state index is 0.746. The summed E-state index contributed by atoms with van der Waals surface area (Å²) < 4.78 is 0. The highest BCUT2D eigenvalue weighted by Crippen LogP contribution is 1.84. The summed E-state index contributed by atoms with van der Waals surface area (Å²) in [5.41, 5.74) is 5.52. The van der Waals surface area contributed by atoms with Crippen LogP contribution in [0.3, 0.4) is 0 Å². The van der Waals surface area contributed by atoms with Gasteiger partial charge in [-0.25, -0.2) is 0 Å². The Balaban J connectivity index is 3.41. The first-order chi connectivity index (χ1) is 6.35. The topological polar surface area (TPSA) is 53.3 Å². The molecule has 0 aromatic rings. The van der Waals surface area contributed by atoms with Crippen molar-refractivity contribution in [1.82, 2.24) is 15.5 Å². The molecule has 13 heavy (non-hydrogen) atoms. The van der Waals surface area contributed by atoms with Gasteiger partial charge in [0.05, 0.1) is 0 Å². The molecule has 0 unspecified atom stereocenters. The van der Waals surface area contributed by atoms with Crippen LogP contribution in [0.1, 0.15) is 6.92 Å². The van der Waals surface area contributed by atoms with Crippen LogP contribution in [0.25, 0.3) is 0 Å². The molecular weight excluding hydrogens is 164 g/mol. The van der Waals surface area contributed by atoms with Gasteiger partial charge in [-0.2, -0.15) is 0 Å². The van der Waals surface area contributed by atoms with Crippen molar-refractivity contribution in [3.8, 4) is 0 Å². The number of nitrogens with one attached hydrogen (secondary N) is 2. The first-order valence-corrected chi connectivity index (χ1v) is 5.12. The highest BCUT2D eigenvalue weighted by atomic mass is 15.2. The average Bonchev–Trinajstić information content (AvgIpc) is 2.14. The van der Waals surface area contributed by atoms with E-state index in [-0.39, 0.29) is 0 Å². The van der Waals surface area contributed by atoms with Gasteiger partial charge >= 0.3 is 0 Å². The molecule has 0 aliphatic heterocycles. The Kier molecular flexibility index (Phi) is 9.80. The molecule has 0 aromatic carbocycles. The number of nitrogens with two attached hydrogens (primary N) is 1. The molecular formula is C9H24N4. The minimum atomic E-state index is 0.746. The van der Waals surface area contributed by atoms with Crippen LogP contribution in [-0.2, 0) is 0 Å². The average molecular weight is 188 g/mol. The SMILES string of the molecule is CCNCCN(CCN)CCNC. The summed E-state index contributed by atoms with van der Waals surface area (Å²) in [6, 6.07) is 0. The van der Waals surface area contributed by atoms with E-state index in [1.807, 2.05) is 7.05 Å². The van der Waals surface area contributed by atoms with Crippen molar-refractivity contribution in [3.05, 3.63) is 0 Å². The van der Waals surface area contributed by atoms with Gasteiger partial charge in [-0.05, 0) is 13.6 Å². The van der Waals surface area contributed by atoms with Gasteiger partial charge < -0.3 is 16.4 Å². The van der Waals surface area contributed by atoms with Gasteiger partial charge in [0.2, 0.25) is 0 Å². The van der Waals surface area contributed by atoms with Crippen LogP contribution in [-0.4, -0.2) is 57.8 Å². The van der Waals surface area contributed by atoms with Crippen molar-refractivity contribution in [2.75, 3.05) is 52.9 Å². The van der Waals surface area contributed by atoms with E-state index in [1.54, 1.807) is 0 Å². The highest BCUT2D eigenvalue weighted by Gasteiger charge is 2.01. The van der Waals surface area contributed by atoms with E-state index >= 15 is 0 Å². The third-order valence-electron chi connectivity index (χ3n) is 1.98. The van der Waals surface area contributed by atoms with Gasteiger partial charge in [-0.1, -0.05) is 6.92 Å². The van der Waals surface area contributed by atoms with Gasteiger partial charge in [0, 0.05) is 39.3 Å². The maximum atomic E-state index is 5.52. The molecule has 4 N–H and O–H groups in total. The maximum absolute atomic E-state index is 5.52. The Morgan fingerprint density at radius 3 is 2.38 bits per heavy atom. The summed E-state index contributed by atoms with van der Waals surface area (Å²) in [5, 5.41) is 6.45. The molecule has 0 amide bonds. The number of hydrogen-bond donors (Lipinski definition) is 3. The lowest BCUT2D eigenvalue weighted by Crippen LogP contribution is -2.39. The predicted molar refractivity (Wildman–Crippen MR) is 58.0 cm³/mol. The smallest absolute Gasteiger partial charge is 0.0108 e. The second kappa shape index (κ2) is 9.92. The molecule has 0 rings (SSSR count). The molecule has 0 aromatic heterocycles. The number of rotatable bonds is 9. The molecule has 0 saturated carbocycles. The van der Waals surface area contributed by atoms with Crippen LogP contribution >= 0.6 is 0 Å². The lowest BCUT2D eigenvalue weighted by molar-refractivity contribution is 0.283. The summed E-state index contributed by atoms with van der Waals surface area (Å²) in [4.78, 5) is 2.37. The molecule has 4 nitrogen and oxygen atoms in total. The van der Waals surface area contributed by atoms with Gasteiger partial charge in [0.25, 0.3) is 0 Å². The zero-order valence-electron chi connectivity index (χ0n) is 8.97. The van der Waals surface area contributed by atoms with E-state index in [0.717, 1.165) is 45.8 Å². The summed E-state index contributed by atoms with van der Waals surface area (Å²) in [6.45, 7) is 9.17. The monoisotopic (exact) mass is 188 g/mol. The number of hydrogen-bond acceptors (Lipinski definition) is 4. The molecule has 0 fully saturated rings. The Hall–Kier alpha value is -0.160. The van der Waals surface area contributed by atoms with Crippen molar-refractivity contribution in [2.45, 2.75) is 6.92 Å². The second-order valence-electron chi connectivity index (χ2n) is 3.09. The van der Waals surface area contributed by atoms with E-state index in [2.05, 4.69) is 22.5 Å². The zero-order chi connectivity index (χ0) is 9.94. The van der Waals surface area contributed by atoms with Gasteiger partial charge in [0.15, 0.2) is 0 Å². The van der Waals surface area contributed by atoms with E-state index < -0.39 is 0 Å². The van der Waals surface area contributed by atoms with Crippen LogP contribution in [0.2, 0.25) is 0 Å². The summed E-state index contributed by atoms with van der Waals surface area (Å²) in [5.74, 6) is 0.